The maximum atomic E-state index is 13.1. The summed E-state index contributed by atoms with van der Waals surface area (Å²) in [5.41, 5.74) is 1.77. The molecule has 3 aromatic rings. The number of rotatable bonds is 11. The number of nitrogens with zero attached hydrogens (tertiary/aromatic N) is 3. The lowest BCUT2D eigenvalue weighted by Gasteiger charge is -2.23. The van der Waals surface area contributed by atoms with Crippen LogP contribution in [0.15, 0.2) is 42.5 Å². The fraction of sp³-hybridized carbons (Fsp3) is 0.385. The van der Waals surface area contributed by atoms with Gasteiger partial charge < -0.3 is 25.0 Å². The molecule has 1 aliphatic rings. The van der Waals surface area contributed by atoms with Gasteiger partial charge in [-0.15, -0.1) is 0 Å². The molecule has 0 unspecified atom stereocenters. The fourth-order valence-corrected chi connectivity index (χ4v) is 4.69. The molecule has 0 saturated heterocycles. The van der Waals surface area contributed by atoms with Gasteiger partial charge in [-0.05, 0) is 50.2 Å². The zero-order valence-corrected chi connectivity index (χ0v) is 21.6. The van der Waals surface area contributed by atoms with E-state index in [0.29, 0.717) is 41.2 Å². The second-order valence-electron chi connectivity index (χ2n) is 8.50. The van der Waals surface area contributed by atoms with Gasteiger partial charge in [-0.3, -0.25) is 9.59 Å². The molecule has 1 amide bonds. The van der Waals surface area contributed by atoms with E-state index < -0.39 is 6.04 Å². The number of aromatic nitrogens is 2. The third kappa shape index (κ3) is 5.28. The summed E-state index contributed by atoms with van der Waals surface area (Å²) in [4.78, 5) is 32.2. The second kappa shape index (κ2) is 11.4. The van der Waals surface area contributed by atoms with E-state index in [1.807, 2.05) is 18.2 Å². The Kier molecular flexibility index (Phi) is 8.04. The van der Waals surface area contributed by atoms with Crippen LogP contribution in [0.4, 0.5) is 11.5 Å². The summed E-state index contributed by atoms with van der Waals surface area (Å²) in [7, 11) is 3.10. The smallest absolute Gasteiger partial charge is 0.257 e. The lowest BCUT2D eigenvalue weighted by molar-refractivity contribution is -0.121. The molecule has 1 aliphatic heterocycles. The highest BCUT2D eigenvalue weighted by Crippen LogP contribution is 2.36. The number of ether oxygens (including phenoxy) is 2. The quantitative estimate of drug-likeness (QED) is 0.295. The van der Waals surface area contributed by atoms with Crippen molar-refractivity contribution in [1.29, 1.82) is 0 Å². The molecule has 0 spiro atoms. The van der Waals surface area contributed by atoms with E-state index in [1.165, 1.54) is 10.3 Å². The molecule has 36 heavy (non-hydrogen) atoms. The lowest BCUT2D eigenvalue weighted by Crippen LogP contribution is -2.31. The van der Waals surface area contributed by atoms with Gasteiger partial charge in [-0.25, -0.2) is 9.55 Å². The monoisotopic (exact) mass is 509 g/mol. The number of methoxy groups -OCH3 is 2. The van der Waals surface area contributed by atoms with Gasteiger partial charge in [0.05, 0.1) is 19.7 Å². The molecular weight excluding hydrogens is 478 g/mol. The molecule has 2 heterocycles. The zero-order valence-electron chi connectivity index (χ0n) is 20.7. The normalized spacial score (nSPS) is 14.3. The van der Waals surface area contributed by atoms with Crippen molar-refractivity contribution in [3.8, 4) is 11.5 Å². The first-order valence-electron chi connectivity index (χ1n) is 12.0. The van der Waals surface area contributed by atoms with E-state index in [4.69, 9.17) is 21.7 Å². The number of anilines is 2. The maximum absolute atomic E-state index is 13.1. The number of hydrogen-bond acceptors (Lipinski definition) is 8. The average Bonchev–Trinajstić information content (AvgIpc) is 3.24. The van der Waals surface area contributed by atoms with Gasteiger partial charge in [0.1, 0.15) is 11.9 Å². The van der Waals surface area contributed by atoms with Gasteiger partial charge in [0.2, 0.25) is 10.7 Å². The Balaban J connectivity index is 1.33. The molecular formula is C26H31N5O4S. The third-order valence-electron chi connectivity index (χ3n) is 6.31. The van der Waals surface area contributed by atoms with Crippen LogP contribution in [-0.2, 0) is 4.79 Å². The SMILES string of the molecule is CCN(CCCNC(=O)CC[C@@H]1Nc2c3cc(OC)c(OC)cc3nc(=S)n2C1=O)c1ccccc1. The highest BCUT2D eigenvalue weighted by Gasteiger charge is 2.32. The van der Waals surface area contributed by atoms with Crippen molar-refractivity contribution in [1.82, 2.24) is 14.9 Å². The summed E-state index contributed by atoms with van der Waals surface area (Å²) in [5, 5.41) is 6.91. The Hall–Kier alpha value is -3.66. The predicted molar refractivity (Wildman–Crippen MR) is 143 cm³/mol. The topological polar surface area (TPSA) is 97.7 Å². The molecule has 0 radical (unpaired) electrons. The van der Waals surface area contributed by atoms with Crippen molar-refractivity contribution in [2.45, 2.75) is 32.2 Å². The molecule has 1 atom stereocenters. The Morgan fingerprint density at radius 1 is 1.19 bits per heavy atom. The number of benzene rings is 2. The summed E-state index contributed by atoms with van der Waals surface area (Å²) in [6, 6.07) is 13.2. The number of carbonyl (C=O) groups is 2. The largest absolute Gasteiger partial charge is 0.493 e. The third-order valence-corrected chi connectivity index (χ3v) is 6.58. The molecule has 0 fully saturated rings. The highest BCUT2D eigenvalue weighted by molar-refractivity contribution is 7.71. The van der Waals surface area contributed by atoms with Gasteiger partial charge in [0.25, 0.3) is 5.91 Å². The minimum atomic E-state index is -0.563. The number of fused-ring (bicyclic) bond motifs is 3. The molecule has 0 saturated carbocycles. The van der Waals surface area contributed by atoms with E-state index >= 15 is 0 Å². The molecule has 2 aromatic carbocycles. The number of carbonyl (C=O) groups excluding carboxylic acids is 2. The molecule has 2 N–H and O–H groups in total. The predicted octanol–water partition coefficient (Wildman–Crippen LogP) is 4.03. The molecule has 0 aliphatic carbocycles. The van der Waals surface area contributed by atoms with Crippen LogP contribution in [0.1, 0.15) is 31.0 Å². The Labute approximate surface area is 215 Å². The van der Waals surface area contributed by atoms with Crippen molar-refractivity contribution in [3.05, 3.63) is 47.2 Å². The lowest BCUT2D eigenvalue weighted by atomic mass is 10.1. The summed E-state index contributed by atoms with van der Waals surface area (Å²) in [6.07, 6.45) is 1.41. The Morgan fingerprint density at radius 3 is 2.61 bits per heavy atom. The molecule has 9 nitrogen and oxygen atoms in total. The van der Waals surface area contributed by atoms with Crippen molar-refractivity contribution in [3.63, 3.8) is 0 Å². The van der Waals surface area contributed by atoms with Gasteiger partial charge in [0, 0.05) is 43.2 Å². The van der Waals surface area contributed by atoms with Gasteiger partial charge >= 0.3 is 0 Å². The average molecular weight is 510 g/mol. The zero-order chi connectivity index (χ0) is 25.7. The molecule has 1 aromatic heterocycles. The van der Waals surface area contributed by atoms with Crippen LogP contribution in [0, 0.1) is 4.77 Å². The van der Waals surface area contributed by atoms with Crippen LogP contribution in [-0.4, -0.2) is 61.3 Å². The molecule has 4 rings (SSSR count). The fourth-order valence-electron chi connectivity index (χ4n) is 4.41. The Bertz CT molecular complexity index is 1310. The van der Waals surface area contributed by atoms with E-state index in [0.717, 1.165) is 19.5 Å². The van der Waals surface area contributed by atoms with Crippen LogP contribution in [0.5, 0.6) is 11.5 Å². The summed E-state index contributed by atoms with van der Waals surface area (Å²) in [6.45, 7) is 4.45. The minimum Gasteiger partial charge on any atom is -0.493 e. The van der Waals surface area contributed by atoms with E-state index in [2.05, 4.69) is 39.6 Å². The second-order valence-corrected chi connectivity index (χ2v) is 8.86. The van der Waals surface area contributed by atoms with Crippen LogP contribution in [0.3, 0.4) is 0 Å². The highest BCUT2D eigenvalue weighted by atomic mass is 32.1. The van der Waals surface area contributed by atoms with Crippen LogP contribution >= 0.6 is 12.2 Å². The number of amides is 1. The van der Waals surface area contributed by atoms with E-state index in [1.54, 1.807) is 26.4 Å². The van der Waals surface area contributed by atoms with Crippen molar-refractivity contribution in [2.24, 2.45) is 0 Å². The van der Waals surface area contributed by atoms with E-state index in [9.17, 15) is 9.59 Å². The summed E-state index contributed by atoms with van der Waals surface area (Å²) >= 11 is 5.39. The number of para-hydroxylation sites is 1. The van der Waals surface area contributed by atoms with Gasteiger partial charge in [-0.1, -0.05) is 18.2 Å². The summed E-state index contributed by atoms with van der Waals surface area (Å²) in [5.74, 6) is 1.31. The molecule has 10 heteroatoms. The maximum Gasteiger partial charge on any atom is 0.257 e. The van der Waals surface area contributed by atoms with Crippen molar-refractivity contribution in [2.75, 3.05) is 44.1 Å². The first kappa shape index (κ1) is 25.4. The van der Waals surface area contributed by atoms with Crippen LogP contribution < -0.4 is 25.0 Å². The standard InChI is InChI=1S/C26H31N5O4S/c1-4-30(17-9-6-5-7-10-17)14-8-13-27-23(32)12-11-19-25(33)31-24(28-19)18-15-21(34-2)22(35-3)16-20(18)29-26(31)36/h5-7,9-10,15-16,19,28H,4,8,11-14H2,1-3H3,(H,27,32)/t19-/m0/s1. The minimum absolute atomic E-state index is 0.0821. The van der Waals surface area contributed by atoms with Gasteiger partial charge in [0.15, 0.2) is 11.5 Å². The molecule has 190 valence electrons. The summed E-state index contributed by atoms with van der Waals surface area (Å²) < 4.78 is 12.3. The first-order chi connectivity index (χ1) is 17.5. The Morgan fingerprint density at radius 2 is 1.92 bits per heavy atom. The van der Waals surface area contributed by atoms with Crippen molar-refractivity contribution < 1.29 is 19.1 Å². The van der Waals surface area contributed by atoms with Gasteiger partial charge in [-0.2, -0.15) is 0 Å². The molecule has 0 bridgehead atoms. The van der Waals surface area contributed by atoms with Crippen LogP contribution in [0.25, 0.3) is 10.9 Å². The van der Waals surface area contributed by atoms with E-state index in [-0.39, 0.29) is 23.0 Å². The first-order valence-corrected chi connectivity index (χ1v) is 12.4. The van der Waals surface area contributed by atoms with Crippen LogP contribution in [0.2, 0.25) is 0 Å². The van der Waals surface area contributed by atoms with Crippen molar-refractivity contribution >= 4 is 46.4 Å². The number of nitrogens with one attached hydrogen (secondary N) is 2. The number of hydrogen-bond donors (Lipinski definition) is 2.